The number of furan rings is 1. The topological polar surface area (TPSA) is 76.9 Å². The van der Waals surface area contributed by atoms with Gasteiger partial charge in [0.1, 0.15) is 24.6 Å². The molecular weight excluding hydrogens is 244 g/mol. The van der Waals surface area contributed by atoms with Crippen LogP contribution in [-0.4, -0.2) is 14.8 Å². The van der Waals surface area contributed by atoms with E-state index in [9.17, 15) is 0 Å². The van der Waals surface area contributed by atoms with Gasteiger partial charge < -0.3 is 13.7 Å². The van der Waals surface area contributed by atoms with Crippen molar-refractivity contribution < 1.29 is 9.15 Å². The summed E-state index contributed by atoms with van der Waals surface area (Å²) in [4.78, 5) is 0. The number of benzene rings is 1. The van der Waals surface area contributed by atoms with Crippen molar-refractivity contribution in [2.24, 2.45) is 7.05 Å². The maximum atomic E-state index is 9.07. The second-order valence-corrected chi connectivity index (χ2v) is 4.02. The van der Waals surface area contributed by atoms with Crippen LogP contribution in [0.5, 0.6) is 5.75 Å². The van der Waals surface area contributed by atoms with Crippen LogP contribution < -0.4 is 4.74 Å². The molecule has 3 aromatic rings. The highest BCUT2D eigenvalue weighted by molar-refractivity contribution is 5.86. The lowest BCUT2D eigenvalue weighted by Gasteiger charge is -2.03. The molecule has 0 atom stereocenters. The highest BCUT2D eigenvalue weighted by Crippen LogP contribution is 2.32. The number of hydrogen-bond donors (Lipinski definition) is 0. The second kappa shape index (κ2) is 4.46. The van der Waals surface area contributed by atoms with Gasteiger partial charge in [0.2, 0.25) is 5.76 Å². The van der Waals surface area contributed by atoms with Crippen molar-refractivity contribution in [3.63, 3.8) is 0 Å². The van der Waals surface area contributed by atoms with Gasteiger partial charge in [0.15, 0.2) is 11.6 Å². The SMILES string of the molecule is Cn1cnnc1COc1c(C#N)oc2ccccc12. The van der Waals surface area contributed by atoms with Crippen LogP contribution in [0, 0.1) is 11.3 Å². The molecule has 1 aromatic carbocycles. The van der Waals surface area contributed by atoms with Crippen molar-refractivity contribution in [1.82, 2.24) is 14.8 Å². The van der Waals surface area contributed by atoms with Crippen LogP contribution in [0.1, 0.15) is 11.6 Å². The van der Waals surface area contributed by atoms with Crippen molar-refractivity contribution in [2.45, 2.75) is 6.61 Å². The van der Waals surface area contributed by atoms with E-state index in [-0.39, 0.29) is 12.4 Å². The molecule has 0 unspecified atom stereocenters. The predicted octanol–water partition coefficient (Wildman–Crippen LogP) is 2.01. The monoisotopic (exact) mass is 254 g/mol. The summed E-state index contributed by atoms with van der Waals surface area (Å²) in [7, 11) is 1.83. The average molecular weight is 254 g/mol. The zero-order valence-corrected chi connectivity index (χ0v) is 10.2. The van der Waals surface area contributed by atoms with E-state index in [2.05, 4.69) is 10.2 Å². The molecule has 0 amide bonds. The molecule has 0 saturated heterocycles. The number of ether oxygens (including phenoxy) is 1. The van der Waals surface area contributed by atoms with Crippen LogP contribution in [0.3, 0.4) is 0 Å². The fourth-order valence-electron chi connectivity index (χ4n) is 1.81. The summed E-state index contributed by atoms with van der Waals surface area (Å²) in [6, 6.07) is 9.36. The number of nitrogens with zero attached hydrogens (tertiary/aromatic N) is 4. The molecule has 2 heterocycles. The van der Waals surface area contributed by atoms with E-state index in [1.54, 1.807) is 17.0 Å². The quantitative estimate of drug-likeness (QED) is 0.714. The van der Waals surface area contributed by atoms with Gasteiger partial charge in [0.05, 0.1) is 5.39 Å². The normalized spacial score (nSPS) is 10.5. The highest BCUT2D eigenvalue weighted by Gasteiger charge is 2.15. The summed E-state index contributed by atoms with van der Waals surface area (Å²) in [5.41, 5.74) is 0.631. The van der Waals surface area contributed by atoms with Gasteiger partial charge in [-0.15, -0.1) is 10.2 Å². The number of aryl methyl sites for hydroxylation is 1. The standard InChI is InChI=1S/C13H10N4O2/c1-17-8-15-16-12(17)7-18-13-9-4-2-3-5-10(9)19-11(13)6-14/h2-5,8H,7H2,1H3. The molecule has 0 radical (unpaired) electrons. The molecule has 0 spiro atoms. The third kappa shape index (κ3) is 1.91. The molecule has 0 N–H and O–H groups in total. The molecule has 19 heavy (non-hydrogen) atoms. The Balaban J connectivity index is 1.96. The third-order valence-electron chi connectivity index (χ3n) is 2.80. The fourth-order valence-corrected chi connectivity index (χ4v) is 1.81. The Morgan fingerprint density at radius 2 is 2.26 bits per heavy atom. The van der Waals surface area contributed by atoms with Gasteiger partial charge in [-0.2, -0.15) is 5.26 Å². The van der Waals surface area contributed by atoms with E-state index in [1.807, 2.05) is 31.3 Å². The maximum Gasteiger partial charge on any atom is 0.246 e. The molecule has 6 heteroatoms. The van der Waals surface area contributed by atoms with E-state index in [1.165, 1.54) is 0 Å². The predicted molar refractivity (Wildman–Crippen MR) is 66.3 cm³/mol. The molecule has 0 aliphatic rings. The van der Waals surface area contributed by atoms with Crippen molar-refractivity contribution in [2.75, 3.05) is 0 Å². The Bertz CT molecular complexity index is 766. The molecule has 0 aliphatic carbocycles. The van der Waals surface area contributed by atoms with Gasteiger partial charge in [-0.1, -0.05) is 12.1 Å². The van der Waals surface area contributed by atoms with Crippen molar-refractivity contribution >= 4 is 11.0 Å². The fraction of sp³-hybridized carbons (Fsp3) is 0.154. The van der Waals surface area contributed by atoms with Gasteiger partial charge in [0.25, 0.3) is 0 Å². The molecule has 0 aliphatic heterocycles. The van der Waals surface area contributed by atoms with Crippen molar-refractivity contribution in [3.8, 4) is 11.8 Å². The molecule has 94 valence electrons. The Kier molecular flexibility index (Phi) is 2.65. The summed E-state index contributed by atoms with van der Waals surface area (Å²) in [6.45, 7) is 0.231. The minimum absolute atomic E-state index is 0.170. The van der Waals surface area contributed by atoms with Crippen LogP contribution >= 0.6 is 0 Å². The first-order valence-electron chi connectivity index (χ1n) is 5.67. The number of rotatable bonds is 3. The molecule has 3 rings (SSSR count). The summed E-state index contributed by atoms with van der Waals surface area (Å²) in [5, 5.41) is 17.5. The van der Waals surface area contributed by atoms with Gasteiger partial charge in [-0.3, -0.25) is 0 Å². The minimum atomic E-state index is 0.170. The second-order valence-electron chi connectivity index (χ2n) is 4.02. The van der Waals surface area contributed by atoms with Crippen molar-refractivity contribution in [3.05, 3.63) is 42.2 Å². The lowest BCUT2D eigenvalue weighted by Crippen LogP contribution is -2.03. The van der Waals surface area contributed by atoms with Gasteiger partial charge in [0, 0.05) is 7.05 Å². The largest absolute Gasteiger partial charge is 0.480 e. The van der Waals surface area contributed by atoms with E-state index < -0.39 is 0 Å². The Labute approximate surface area is 108 Å². The number of hydrogen-bond acceptors (Lipinski definition) is 5. The Morgan fingerprint density at radius 3 is 3.00 bits per heavy atom. The first-order valence-corrected chi connectivity index (χ1v) is 5.67. The molecule has 2 aromatic heterocycles. The molecular formula is C13H10N4O2. The Morgan fingerprint density at radius 1 is 1.42 bits per heavy atom. The molecule has 0 fully saturated rings. The Hall–Kier alpha value is -2.81. The summed E-state index contributed by atoms with van der Waals surface area (Å²) < 4.78 is 12.8. The average Bonchev–Trinajstić information content (AvgIpc) is 2.99. The van der Waals surface area contributed by atoms with E-state index in [4.69, 9.17) is 14.4 Å². The van der Waals surface area contributed by atoms with Gasteiger partial charge in [-0.25, -0.2) is 0 Å². The minimum Gasteiger partial charge on any atom is -0.480 e. The lowest BCUT2D eigenvalue weighted by atomic mass is 10.2. The molecule has 0 bridgehead atoms. The van der Waals surface area contributed by atoms with Gasteiger partial charge >= 0.3 is 0 Å². The molecule has 6 nitrogen and oxygen atoms in total. The summed E-state index contributed by atoms with van der Waals surface area (Å²) in [5.74, 6) is 1.29. The van der Waals surface area contributed by atoms with Crippen LogP contribution in [-0.2, 0) is 13.7 Å². The van der Waals surface area contributed by atoms with E-state index in [0.29, 0.717) is 17.2 Å². The van der Waals surface area contributed by atoms with E-state index in [0.717, 1.165) is 5.39 Å². The third-order valence-corrected chi connectivity index (χ3v) is 2.80. The van der Waals surface area contributed by atoms with Crippen LogP contribution in [0.4, 0.5) is 0 Å². The van der Waals surface area contributed by atoms with Crippen LogP contribution in [0.15, 0.2) is 35.0 Å². The maximum absolute atomic E-state index is 9.07. The smallest absolute Gasteiger partial charge is 0.246 e. The highest BCUT2D eigenvalue weighted by atomic mass is 16.5. The first kappa shape index (κ1) is 11.3. The number of para-hydroxylation sites is 1. The lowest BCUT2D eigenvalue weighted by molar-refractivity contribution is 0.289. The van der Waals surface area contributed by atoms with Crippen molar-refractivity contribution in [1.29, 1.82) is 5.26 Å². The number of fused-ring (bicyclic) bond motifs is 1. The zero-order valence-electron chi connectivity index (χ0n) is 10.2. The first-order chi connectivity index (χ1) is 9.29. The van der Waals surface area contributed by atoms with E-state index >= 15 is 0 Å². The number of aromatic nitrogens is 3. The van der Waals surface area contributed by atoms with Gasteiger partial charge in [-0.05, 0) is 12.1 Å². The van der Waals surface area contributed by atoms with Crippen LogP contribution in [0.25, 0.3) is 11.0 Å². The zero-order chi connectivity index (χ0) is 13.2. The number of nitriles is 1. The summed E-state index contributed by atoms with van der Waals surface area (Å²) >= 11 is 0. The summed E-state index contributed by atoms with van der Waals surface area (Å²) in [6.07, 6.45) is 1.59. The van der Waals surface area contributed by atoms with Crippen LogP contribution in [0.2, 0.25) is 0 Å². The molecule has 0 saturated carbocycles.